The van der Waals surface area contributed by atoms with Gasteiger partial charge in [0.05, 0.1) is 30.2 Å². The summed E-state index contributed by atoms with van der Waals surface area (Å²) in [5.41, 5.74) is 4.60. The number of carbonyl (C=O) groups excluding carboxylic acids is 1. The van der Waals surface area contributed by atoms with E-state index in [0.29, 0.717) is 23.6 Å². The zero-order valence-corrected chi connectivity index (χ0v) is 18.9. The van der Waals surface area contributed by atoms with Crippen molar-refractivity contribution in [1.29, 1.82) is 0 Å². The van der Waals surface area contributed by atoms with Gasteiger partial charge in [0.15, 0.2) is 0 Å². The second-order valence-electron chi connectivity index (χ2n) is 8.30. The lowest BCUT2D eigenvalue weighted by Crippen LogP contribution is -2.31. The van der Waals surface area contributed by atoms with Gasteiger partial charge in [0, 0.05) is 42.1 Å². The van der Waals surface area contributed by atoms with E-state index in [1.165, 1.54) is 0 Å². The summed E-state index contributed by atoms with van der Waals surface area (Å²) in [6.07, 6.45) is 9.74. The number of nitrogens with zero attached hydrogens (tertiary/aromatic N) is 5. The number of amides is 1. The van der Waals surface area contributed by atoms with Crippen LogP contribution in [0.1, 0.15) is 51.8 Å². The number of likely N-dealkylation sites (tertiary alicyclic amines) is 1. The van der Waals surface area contributed by atoms with Crippen LogP contribution in [0.5, 0.6) is 0 Å². The molecule has 4 aromatic rings. The van der Waals surface area contributed by atoms with E-state index >= 15 is 0 Å². The molecule has 1 amide bonds. The van der Waals surface area contributed by atoms with Crippen molar-refractivity contribution in [3.63, 3.8) is 0 Å². The highest BCUT2D eigenvalue weighted by molar-refractivity contribution is 6.30. The van der Waals surface area contributed by atoms with Gasteiger partial charge in [-0.15, -0.1) is 0 Å². The van der Waals surface area contributed by atoms with E-state index in [2.05, 4.69) is 10.1 Å². The van der Waals surface area contributed by atoms with Crippen molar-refractivity contribution < 1.29 is 4.79 Å². The van der Waals surface area contributed by atoms with Gasteiger partial charge in [-0.05, 0) is 54.3 Å². The smallest absolute Gasteiger partial charge is 0.254 e. The number of benzene rings is 2. The van der Waals surface area contributed by atoms with Gasteiger partial charge in [-0.2, -0.15) is 5.10 Å². The molecule has 2 aromatic carbocycles. The van der Waals surface area contributed by atoms with Crippen LogP contribution in [0.15, 0.2) is 79.4 Å². The molecule has 0 aliphatic carbocycles. The van der Waals surface area contributed by atoms with Crippen LogP contribution < -0.4 is 0 Å². The maximum atomic E-state index is 13.3. The van der Waals surface area contributed by atoms with Crippen LogP contribution in [0, 0.1) is 0 Å². The minimum absolute atomic E-state index is 0.0326. The van der Waals surface area contributed by atoms with Crippen LogP contribution in [0.3, 0.4) is 0 Å². The van der Waals surface area contributed by atoms with E-state index < -0.39 is 0 Å². The Morgan fingerprint density at radius 1 is 1.06 bits per heavy atom. The molecule has 33 heavy (non-hydrogen) atoms. The SMILES string of the molecule is O=C(c1ccc(Cn2cccn2)cc1)N1CCCC1c1cncc(Cc2cccc(Cl)c2)n1. The molecule has 1 fully saturated rings. The zero-order chi connectivity index (χ0) is 22.6. The molecule has 0 saturated carbocycles. The molecule has 1 saturated heterocycles. The third-order valence-corrected chi connectivity index (χ3v) is 6.17. The highest BCUT2D eigenvalue weighted by Gasteiger charge is 2.32. The average molecular weight is 458 g/mol. The Labute approximate surface area is 197 Å². The summed E-state index contributed by atoms with van der Waals surface area (Å²) in [6, 6.07) is 17.4. The van der Waals surface area contributed by atoms with Crippen molar-refractivity contribution in [3.05, 3.63) is 112 Å². The van der Waals surface area contributed by atoms with Crippen LogP contribution in [0.2, 0.25) is 5.02 Å². The predicted molar refractivity (Wildman–Crippen MR) is 127 cm³/mol. The monoisotopic (exact) mass is 457 g/mol. The van der Waals surface area contributed by atoms with Gasteiger partial charge < -0.3 is 4.90 Å². The Balaban J connectivity index is 1.31. The lowest BCUT2D eigenvalue weighted by molar-refractivity contribution is 0.0732. The number of halogens is 1. The summed E-state index contributed by atoms with van der Waals surface area (Å²) in [7, 11) is 0. The molecule has 1 unspecified atom stereocenters. The number of aromatic nitrogens is 4. The topological polar surface area (TPSA) is 63.9 Å². The summed E-state index contributed by atoms with van der Waals surface area (Å²) in [4.78, 5) is 24.5. The van der Waals surface area contributed by atoms with E-state index in [1.807, 2.05) is 70.4 Å². The summed E-state index contributed by atoms with van der Waals surface area (Å²) < 4.78 is 1.86. The van der Waals surface area contributed by atoms with E-state index in [4.69, 9.17) is 16.6 Å². The highest BCUT2D eigenvalue weighted by Crippen LogP contribution is 2.32. The minimum atomic E-state index is -0.0620. The molecule has 0 spiro atoms. The molecular formula is C26H24ClN5O. The lowest BCUT2D eigenvalue weighted by atomic mass is 10.1. The van der Waals surface area contributed by atoms with E-state index in [1.54, 1.807) is 18.6 Å². The Kier molecular flexibility index (Phi) is 6.17. The third kappa shape index (κ3) is 4.96. The molecule has 0 N–H and O–H groups in total. The fourth-order valence-electron chi connectivity index (χ4n) is 4.34. The molecule has 166 valence electrons. The standard InChI is InChI=1S/C26H24ClN5O/c27-22-5-1-4-20(14-22)15-23-16-28-17-24(30-23)25-6-2-13-32(25)26(33)21-9-7-19(8-10-21)18-31-12-3-11-29-31/h1,3-5,7-12,14,16-17,25H,2,6,13,15,18H2. The van der Waals surface area contributed by atoms with Crippen LogP contribution in [-0.4, -0.2) is 37.1 Å². The lowest BCUT2D eigenvalue weighted by Gasteiger charge is -2.24. The molecule has 2 aromatic heterocycles. The van der Waals surface area contributed by atoms with Crippen LogP contribution in [-0.2, 0) is 13.0 Å². The molecule has 3 heterocycles. The van der Waals surface area contributed by atoms with Crippen LogP contribution >= 0.6 is 11.6 Å². The minimum Gasteiger partial charge on any atom is -0.330 e. The van der Waals surface area contributed by atoms with Gasteiger partial charge in [-0.3, -0.25) is 19.4 Å². The van der Waals surface area contributed by atoms with Crippen molar-refractivity contribution >= 4 is 17.5 Å². The predicted octanol–water partition coefficient (Wildman–Crippen LogP) is 4.94. The third-order valence-electron chi connectivity index (χ3n) is 5.94. The Morgan fingerprint density at radius 2 is 1.94 bits per heavy atom. The quantitative estimate of drug-likeness (QED) is 0.411. The number of hydrogen-bond acceptors (Lipinski definition) is 4. The van der Waals surface area contributed by atoms with Gasteiger partial charge in [0.1, 0.15) is 0 Å². The second-order valence-corrected chi connectivity index (χ2v) is 8.74. The van der Waals surface area contributed by atoms with Crippen LogP contribution in [0.25, 0.3) is 0 Å². The van der Waals surface area contributed by atoms with E-state index in [0.717, 1.165) is 41.9 Å². The maximum absolute atomic E-state index is 13.3. The van der Waals surface area contributed by atoms with Gasteiger partial charge in [0.25, 0.3) is 5.91 Å². The maximum Gasteiger partial charge on any atom is 0.254 e. The van der Waals surface area contributed by atoms with Crippen molar-refractivity contribution in [2.24, 2.45) is 0 Å². The van der Waals surface area contributed by atoms with Crippen LogP contribution in [0.4, 0.5) is 0 Å². The Hall–Kier alpha value is -3.51. The number of carbonyl (C=O) groups is 1. The molecule has 6 nitrogen and oxygen atoms in total. The Bertz CT molecular complexity index is 1240. The molecular weight excluding hydrogens is 434 g/mol. The van der Waals surface area contributed by atoms with Crippen molar-refractivity contribution in [2.45, 2.75) is 31.8 Å². The fraction of sp³-hybridized carbons (Fsp3) is 0.231. The van der Waals surface area contributed by atoms with E-state index in [9.17, 15) is 4.79 Å². The normalized spacial score (nSPS) is 15.7. The van der Waals surface area contributed by atoms with E-state index in [-0.39, 0.29) is 11.9 Å². The van der Waals surface area contributed by atoms with Crippen molar-refractivity contribution in [2.75, 3.05) is 6.54 Å². The number of rotatable bonds is 6. The van der Waals surface area contributed by atoms with Gasteiger partial charge in [-0.25, -0.2) is 0 Å². The first-order valence-electron chi connectivity index (χ1n) is 11.1. The van der Waals surface area contributed by atoms with Crippen molar-refractivity contribution in [3.8, 4) is 0 Å². The molecule has 1 atom stereocenters. The highest BCUT2D eigenvalue weighted by atomic mass is 35.5. The molecule has 5 rings (SSSR count). The first kappa shape index (κ1) is 21.3. The molecule has 0 radical (unpaired) electrons. The van der Waals surface area contributed by atoms with Gasteiger partial charge in [-0.1, -0.05) is 35.9 Å². The number of hydrogen-bond donors (Lipinski definition) is 0. The zero-order valence-electron chi connectivity index (χ0n) is 18.1. The molecule has 1 aliphatic rings. The summed E-state index contributed by atoms with van der Waals surface area (Å²) in [6.45, 7) is 1.40. The molecule has 1 aliphatic heterocycles. The first-order valence-corrected chi connectivity index (χ1v) is 11.5. The fourth-order valence-corrected chi connectivity index (χ4v) is 4.55. The average Bonchev–Trinajstić information content (AvgIpc) is 3.52. The second kappa shape index (κ2) is 9.55. The molecule has 0 bridgehead atoms. The summed E-state index contributed by atoms with van der Waals surface area (Å²) >= 11 is 6.12. The van der Waals surface area contributed by atoms with Gasteiger partial charge in [0.2, 0.25) is 0 Å². The van der Waals surface area contributed by atoms with Crippen molar-refractivity contribution in [1.82, 2.24) is 24.6 Å². The summed E-state index contributed by atoms with van der Waals surface area (Å²) in [5.74, 6) is 0.0326. The Morgan fingerprint density at radius 3 is 2.73 bits per heavy atom. The summed E-state index contributed by atoms with van der Waals surface area (Å²) in [5, 5.41) is 4.94. The largest absolute Gasteiger partial charge is 0.330 e. The molecule has 7 heteroatoms. The van der Waals surface area contributed by atoms with Gasteiger partial charge >= 0.3 is 0 Å². The first-order chi connectivity index (χ1) is 16.2.